The van der Waals surface area contributed by atoms with Gasteiger partial charge in [-0.25, -0.2) is 9.37 Å². The number of aromatic nitrogens is 5. The Morgan fingerprint density at radius 3 is 3.00 bits per heavy atom. The van der Waals surface area contributed by atoms with Gasteiger partial charge in [-0.15, -0.1) is 8.98 Å². The van der Waals surface area contributed by atoms with E-state index in [4.69, 9.17) is 0 Å². The van der Waals surface area contributed by atoms with Crippen molar-refractivity contribution in [1.82, 2.24) is 24.4 Å². The molecule has 4 rings (SSSR count). The SMILES string of the molecule is FSn1nc(N2CCC(F)C2)c2cc(-c3cc[nH]n3)cnc21. The maximum Gasteiger partial charge on any atom is 0.189 e. The Morgan fingerprint density at radius 2 is 2.32 bits per heavy atom. The highest BCUT2D eigenvalue weighted by Crippen LogP contribution is 2.32. The third-order valence-corrected chi connectivity index (χ3v) is 4.15. The Bertz CT molecular complexity index is 802. The van der Waals surface area contributed by atoms with E-state index >= 15 is 0 Å². The topological polar surface area (TPSA) is 62.6 Å². The molecule has 1 fully saturated rings. The maximum atomic E-state index is 13.5. The lowest BCUT2D eigenvalue weighted by atomic mass is 10.2. The molecule has 1 aliphatic heterocycles. The fraction of sp³-hybridized carbons (Fsp3) is 0.308. The minimum atomic E-state index is -0.874. The zero-order valence-corrected chi connectivity index (χ0v) is 12.2. The van der Waals surface area contributed by atoms with Crippen LogP contribution >= 0.6 is 12.3 Å². The number of hydrogen-bond acceptors (Lipinski definition) is 5. The van der Waals surface area contributed by atoms with Gasteiger partial charge in [0.1, 0.15) is 6.17 Å². The lowest BCUT2D eigenvalue weighted by molar-refractivity contribution is 0.364. The largest absolute Gasteiger partial charge is 0.352 e. The summed E-state index contributed by atoms with van der Waals surface area (Å²) in [6.45, 7) is 0.840. The monoisotopic (exact) mass is 322 g/mol. The fourth-order valence-corrected chi connectivity index (χ4v) is 3.03. The quantitative estimate of drug-likeness (QED) is 0.803. The van der Waals surface area contributed by atoms with Gasteiger partial charge in [0, 0.05) is 24.5 Å². The van der Waals surface area contributed by atoms with Gasteiger partial charge in [-0.2, -0.15) is 9.19 Å². The summed E-state index contributed by atoms with van der Waals surface area (Å²) < 4.78 is 27.7. The number of halogens is 2. The number of aromatic amines is 1. The number of alkyl halides is 1. The summed E-state index contributed by atoms with van der Waals surface area (Å²) in [5, 5.41) is 11.8. The Morgan fingerprint density at radius 1 is 1.41 bits per heavy atom. The standard InChI is InChI=1S/C13H12F2N6S/c14-9-2-4-20(7-9)13-10-5-8(11-1-3-17-18-11)6-16-12(10)21(19-13)22-15/h1,3,5-6,9H,2,4,7H2,(H,17,18). The van der Waals surface area contributed by atoms with Crippen LogP contribution in [0.2, 0.25) is 0 Å². The van der Waals surface area contributed by atoms with Crippen molar-refractivity contribution >= 4 is 29.2 Å². The van der Waals surface area contributed by atoms with E-state index in [0.29, 0.717) is 29.8 Å². The van der Waals surface area contributed by atoms with E-state index in [1.165, 1.54) is 0 Å². The summed E-state index contributed by atoms with van der Waals surface area (Å²) in [4.78, 5) is 6.11. The van der Waals surface area contributed by atoms with Crippen molar-refractivity contribution in [1.29, 1.82) is 0 Å². The predicted octanol–water partition coefficient (Wildman–Crippen LogP) is 2.75. The molecule has 22 heavy (non-hydrogen) atoms. The number of pyridine rings is 1. The zero-order valence-electron chi connectivity index (χ0n) is 11.4. The lowest BCUT2D eigenvalue weighted by Crippen LogP contribution is -2.20. The number of anilines is 1. The van der Waals surface area contributed by atoms with Gasteiger partial charge in [-0.3, -0.25) is 5.10 Å². The van der Waals surface area contributed by atoms with Gasteiger partial charge in [0.25, 0.3) is 0 Å². The van der Waals surface area contributed by atoms with E-state index < -0.39 is 6.17 Å². The van der Waals surface area contributed by atoms with Crippen LogP contribution in [-0.4, -0.2) is 43.6 Å². The first-order valence-corrected chi connectivity index (χ1v) is 7.50. The van der Waals surface area contributed by atoms with Gasteiger partial charge in [-0.1, -0.05) is 0 Å². The highest BCUT2D eigenvalue weighted by atomic mass is 32.2. The molecule has 0 bridgehead atoms. The van der Waals surface area contributed by atoms with Crippen molar-refractivity contribution in [2.45, 2.75) is 12.6 Å². The normalized spacial score (nSPS) is 18.5. The predicted molar refractivity (Wildman–Crippen MR) is 80.9 cm³/mol. The van der Waals surface area contributed by atoms with E-state index in [9.17, 15) is 8.28 Å². The third kappa shape index (κ3) is 2.12. The number of H-pyrrole nitrogens is 1. The van der Waals surface area contributed by atoms with Crippen LogP contribution in [0.5, 0.6) is 0 Å². The molecule has 9 heteroatoms. The first kappa shape index (κ1) is 13.5. The number of hydrogen-bond donors (Lipinski definition) is 1. The van der Waals surface area contributed by atoms with Gasteiger partial charge in [-0.05, 0) is 18.6 Å². The van der Waals surface area contributed by atoms with Gasteiger partial charge in [0.05, 0.1) is 17.6 Å². The molecule has 114 valence electrons. The molecular weight excluding hydrogens is 310 g/mol. The van der Waals surface area contributed by atoms with Crippen LogP contribution in [0.25, 0.3) is 22.3 Å². The van der Waals surface area contributed by atoms with Gasteiger partial charge in [0.2, 0.25) is 0 Å². The smallest absolute Gasteiger partial charge is 0.189 e. The summed E-state index contributed by atoms with van der Waals surface area (Å²) >= 11 is -0.0171. The van der Waals surface area contributed by atoms with Crippen molar-refractivity contribution in [3.8, 4) is 11.3 Å². The molecule has 3 aromatic heterocycles. The van der Waals surface area contributed by atoms with Gasteiger partial charge < -0.3 is 4.90 Å². The van der Waals surface area contributed by atoms with E-state index in [1.807, 2.05) is 17.0 Å². The summed E-state index contributed by atoms with van der Waals surface area (Å²) in [7, 11) is 0. The van der Waals surface area contributed by atoms with Crippen molar-refractivity contribution < 1.29 is 8.28 Å². The summed E-state index contributed by atoms with van der Waals surface area (Å²) in [5.74, 6) is 0.560. The molecular formula is C13H12F2N6S. The molecule has 0 aromatic carbocycles. The Hall–Kier alpha value is -2.16. The second kappa shape index (κ2) is 5.24. The van der Waals surface area contributed by atoms with Crippen LogP contribution in [0.3, 0.4) is 0 Å². The van der Waals surface area contributed by atoms with Crippen molar-refractivity contribution in [2.75, 3.05) is 18.0 Å². The van der Waals surface area contributed by atoms with Crippen LogP contribution in [0.1, 0.15) is 6.42 Å². The van der Waals surface area contributed by atoms with Crippen LogP contribution in [0, 0.1) is 0 Å². The van der Waals surface area contributed by atoms with Crippen molar-refractivity contribution in [2.24, 2.45) is 0 Å². The first-order valence-electron chi connectivity index (χ1n) is 6.83. The highest BCUT2D eigenvalue weighted by molar-refractivity contribution is 7.92. The number of rotatable bonds is 3. The minimum Gasteiger partial charge on any atom is -0.352 e. The lowest BCUT2D eigenvalue weighted by Gasteiger charge is -2.14. The van der Waals surface area contributed by atoms with Crippen LogP contribution in [-0.2, 0) is 0 Å². The molecule has 1 N–H and O–H groups in total. The molecule has 1 atom stereocenters. The third-order valence-electron chi connectivity index (χ3n) is 3.77. The average molecular weight is 322 g/mol. The van der Waals surface area contributed by atoms with Crippen LogP contribution in [0.15, 0.2) is 24.5 Å². The minimum absolute atomic E-state index is 0.0171. The second-order valence-corrected chi connectivity index (χ2v) is 5.64. The molecule has 3 aromatic rings. The van der Waals surface area contributed by atoms with E-state index in [-0.39, 0.29) is 18.9 Å². The Kier molecular flexibility index (Phi) is 3.21. The molecule has 6 nitrogen and oxygen atoms in total. The zero-order chi connectivity index (χ0) is 15.1. The van der Waals surface area contributed by atoms with Crippen molar-refractivity contribution in [3.63, 3.8) is 0 Å². The molecule has 1 unspecified atom stereocenters. The molecule has 1 saturated heterocycles. The summed E-state index contributed by atoms with van der Waals surface area (Å²) in [6.07, 6.45) is 2.93. The highest BCUT2D eigenvalue weighted by Gasteiger charge is 2.27. The van der Waals surface area contributed by atoms with Crippen LogP contribution < -0.4 is 4.90 Å². The van der Waals surface area contributed by atoms with Gasteiger partial charge >= 0.3 is 0 Å². The molecule has 0 amide bonds. The van der Waals surface area contributed by atoms with E-state index in [1.54, 1.807) is 12.4 Å². The maximum absolute atomic E-state index is 13.5. The summed E-state index contributed by atoms with van der Waals surface area (Å²) in [5.41, 5.74) is 1.96. The van der Waals surface area contributed by atoms with E-state index in [2.05, 4.69) is 20.3 Å². The summed E-state index contributed by atoms with van der Waals surface area (Å²) in [6, 6.07) is 3.68. The molecule has 4 heterocycles. The number of nitrogens with zero attached hydrogens (tertiary/aromatic N) is 5. The Labute approximate surface area is 128 Å². The Balaban J connectivity index is 1.86. The molecule has 0 spiro atoms. The molecule has 1 aliphatic rings. The van der Waals surface area contributed by atoms with Gasteiger partial charge in [0.15, 0.2) is 23.8 Å². The fourth-order valence-electron chi connectivity index (χ4n) is 2.71. The molecule has 0 saturated carbocycles. The average Bonchev–Trinajstić information content (AvgIpc) is 3.25. The number of nitrogens with one attached hydrogen (secondary N) is 1. The van der Waals surface area contributed by atoms with E-state index in [0.717, 1.165) is 15.3 Å². The van der Waals surface area contributed by atoms with Crippen molar-refractivity contribution in [3.05, 3.63) is 24.5 Å². The molecule has 0 aliphatic carbocycles. The number of fused-ring (bicyclic) bond motifs is 1. The van der Waals surface area contributed by atoms with Crippen LogP contribution in [0.4, 0.5) is 14.1 Å². The second-order valence-electron chi connectivity index (χ2n) is 5.15. The first-order chi connectivity index (χ1) is 10.8. The molecule has 0 radical (unpaired) electrons.